The van der Waals surface area contributed by atoms with E-state index >= 15 is 0 Å². The van der Waals surface area contributed by atoms with Gasteiger partial charge in [0.05, 0.1) is 24.1 Å². The van der Waals surface area contributed by atoms with Crippen molar-refractivity contribution in [3.05, 3.63) is 61.1 Å². The average molecular weight is 461 g/mol. The van der Waals surface area contributed by atoms with Gasteiger partial charge in [0, 0.05) is 43.0 Å². The molecular formula is C24H28N8O2. The highest BCUT2D eigenvalue weighted by molar-refractivity contribution is 5.86. The summed E-state index contributed by atoms with van der Waals surface area (Å²) >= 11 is 0. The molecule has 0 saturated carbocycles. The van der Waals surface area contributed by atoms with Crippen LogP contribution >= 0.6 is 0 Å². The number of hydrogen-bond donors (Lipinski definition) is 3. The summed E-state index contributed by atoms with van der Waals surface area (Å²) < 4.78 is 1.48. The summed E-state index contributed by atoms with van der Waals surface area (Å²) in [7, 11) is 1.64. The Hall–Kier alpha value is -4.08. The van der Waals surface area contributed by atoms with Crippen LogP contribution in [0.4, 0.5) is 0 Å². The summed E-state index contributed by atoms with van der Waals surface area (Å²) in [5, 5.41) is 15.5. The van der Waals surface area contributed by atoms with Gasteiger partial charge >= 0.3 is 0 Å². The Labute approximate surface area is 197 Å². The van der Waals surface area contributed by atoms with E-state index in [0.717, 1.165) is 41.3 Å². The van der Waals surface area contributed by atoms with Crippen molar-refractivity contribution in [3.8, 4) is 11.3 Å². The van der Waals surface area contributed by atoms with Gasteiger partial charge in [-0.1, -0.05) is 30.2 Å². The zero-order valence-electron chi connectivity index (χ0n) is 19.1. The van der Waals surface area contributed by atoms with E-state index in [1.807, 2.05) is 18.3 Å². The topological polar surface area (TPSA) is 130 Å². The van der Waals surface area contributed by atoms with E-state index in [9.17, 15) is 9.59 Å². The van der Waals surface area contributed by atoms with E-state index in [-0.39, 0.29) is 24.4 Å². The van der Waals surface area contributed by atoms with Gasteiger partial charge < -0.3 is 15.6 Å². The molecule has 0 bridgehead atoms. The molecular weight excluding hydrogens is 432 g/mol. The van der Waals surface area contributed by atoms with Crippen molar-refractivity contribution in [2.45, 2.75) is 44.7 Å². The van der Waals surface area contributed by atoms with E-state index in [1.54, 1.807) is 25.6 Å². The number of aromatic amines is 1. The third-order valence-corrected chi connectivity index (χ3v) is 5.67. The highest BCUT2D eigenvalue weighted by atomic mass is 16.2. The Bertz CT molecular complexity index is 1230. The molecule has 3 aromatic heterocycles. The summed E-state index contributed by atoms with van der Waals surface area (Å²) in [5.41, 5.74) is 1.87. The second-order valence-electron chi connectivity index (χ2n) is 8.11. The standard InChI is InChI=1S/C24H28N8O2/c1-25-22(33)6-4-2-3-5-20(29-23(34)16-32-12-11-28-31-32)24-27-15-21(30-24)18-8-7-17-9-10-26-14-19(17)13-18/h7-15,20H,2-6,16H2,1H3,(H,25,33)(H,27,30)(H,29,34). The molecule has 0 spiro atoms. The lowest BCUT2D eigenvalue weighted by molar-refractivity contribution is -0.123. The minimum Gasteiger partial charge on any atom is -0.359 e. The second-order valence-corrected chi connectivity index (χ2v) is 8.11. The van der Waals surface area contributed by atoms with Gasteiger partial charge in [0.2, 0.25) is 11.8 Å². The molecule has 1 atom stereocenters. The SMILES string of the molecule is CNC(=O)CCCCCC(NC(=O)Cn1ccnn1)c1ncc(-c2ccc3ccncc3c2)[nH]1. The van der Waals surface area contributed by atoms with Gasteiger partial charge in [-0.3, -0.25) is 14.6 Å². The molecule has 0 radical (unpaired) electrons. The fourth-order valence-corrected chi connectivity index (χ4v) is 3.83. The number of rotatable bonds is 11. The van der Waals surface area contributed by atoms with Crippen LogP contribution in [0, 0.1) is 0 Å². The number of fused-ring (bicyclic) bond motifs is 1. The average Bonchev–Trinajstić information content (AvgIpc) is 3.55. The maximum Gasteiger partial charge on any atom is 0.242 e. The smallest absolute Gasteiger partial charge is 0.242 e. The number of aromatic nitrogens is 6. The zero-order chi connectivity index (χ0) is 23.8. The third-order valence-electron chi connectivity index (χ3n) is 5.67. The Balaban J connectivity index is 1.46. The van der Waals surface area contributed by atoms with Crippen molar-refractivity contribution < 1.29 is 9.59 Å². The summed E-state index contributed by atoms with van der Waals surface area (Å²) in [5.74, 6) is 0.564. The van der Waals surface area contributed by atoms with Crippen LogP contribution in [0.25, 0.3) is 22.0 Å². The van der Waals surface area contributed by atoms with Gasteiger partial charge in [-0.15, -0.1) is 5.10 Å². The molecule has 4 aromatic rings. The Morgan fingerprint density at radius 1 is 1.06 bits per heavy atom. The highest BCUT2D eigenvalue weighted by Gasteiger charge is 2.19. The number of hydrogen-bond acceptors (Lipinski definition) is 6. The lowest BCUT2D eigenvalue weighted by Crippen LogP contribution is -2.32. The quantitative estimate of drug-likeness (QED) is 0.295. The second kappa shape index (κ2) is 11.2. The van der Waals surface area contributed by atoms with Crippen molar-refractivity contribution in [1.29, 1.82) is 0 Å². The molecule has 10 heteroatoms. The first-order valence-corrected chi connectivity index (χ1v) is 11.4. The molecule has 2 amide bonds. The van der Waals surface area contributed by atoms with Gasteiger partial charge in [-0.2, -0.15) is 0 Å². The minimum atomic E-state index is -0.285. The first-order valence-electron chi connectivity index (χ1n) is 11.4. The van der Waals surface area contributed by atoms with E-state index in [2.05, 4.69) is 48.0 Å². The number of imidazole rings is 1. The minimum absolute atomic E-state index is 0.0407. The van der Waals surface area contributed by atoms with Gasteiger partial charge in [-0.05, 0) is 30.4 Å². The maximum absolute atomic E-state index is 12.6. The molecule has 0 aliphatic heterocycles. The Morgan fingerprint density at radius 2 is 1.97 bits per heavy atom. The summed E-state index contributed by atoms with van der Waals surface area (Å²) in [6.07, 6.45) is 12.3. The van der Waals surface area contributed by atoms with E-state index in [1.165, 1.54) is 10.9 Å². The van der Waals surface area contributed by atoms with Crippen LogP contribution < -0.4 is 10.6 Å². The fourth-order valence-electron chi connectivity index (χ4n) is 3.83. The van der Waals surface area contributed by atoms with Crippen molar-refractivity contribution in [3.63, 3.8) is 0 Å². The number of nitrogens with zero attached hydrogens (tertiary/aromatic N) is 5. The molecule has 0 fully saturated rings. The number of carbonyl (C=O) groups is 2. The molecule has 3 heterocycles. The van der Waals surface area contributed by atoms with E-state index in [0.29, 0.717) is 18.7 Å². The molecule has 10 nitrogen and oxygen atoms in total. The van der Waals surface area contributed by atoms with Gasteiger partial charge in [0.1, 0.15) is 12.4 Å². The largest absolute Gasteiger partial charge is 0.359 e. The molecule has 0 aliphatic carbocycles. The number of unbranched alkanes of at least 4 members (excludes halogenated alkanes) is 2. The fraction of sp³-hybridized carbons (Fsp3) is 0.333. The van der Waals surface area contributed by atoms with Crippen LogP contribution in [0.15, 0.2) is 55.2 Å². The van der Waals surface area contributed by atoms with Gasteiger partial charge in [0.15, 0.2) is 0 Å². The van der Waals surface area contributed by atoms with Crippen LogP contribution in [0.2, 0.25) is 0 Å². The van der Waals surface area contributed by atoms with Crippen molar-refractivity contribution >= 4 is 22.6 Å². The van der Waals surface area contributed by atoms with E-state index < -0.39 is 0 Å². The third kappa shape index (κ3) is 6.03. The van der Waals surface area contributed by atoms with Crippen LogP contribution in [0.5, 0.6) is 0 Å². The monoisotopic (exact) mass is 460 g/mol. The summed E-state index contributed by atoms with van der Waals surface area (Å²) in [6, 6.07) is 7.85. The predicted molar refractivity (Wildman–Crippen MR) is 127 cm³/mol. The van der Waals surface area contributed by atoms with Gasteiger partial charge in [0.25, 0.3) is 0 Å². The number of amides is 2. The lowest BCUT2D eigenvalue weighted by atomic mass is 10.1. The molecule has 0 aliphatic rings. The normalized spacial score (nSPS) is 11.9. The van der Waals surface area contributed by atoms with E-state index in [4.69, 9.17) is 0 Å². The molecule has 3 N–H and O–H groups in total. The molecule has 0 saturated heterocycles. The number of carbonyl (C=O) groups excluding carboxylic acids is 2. The number of pyridine rings is 1. The maximum atomic E-state index is 12.6. The molecule has 176 valence electrons. The Morgan fingerprint density at radius 3 is 2.79 bits per heavy atom. The molecule has 4 rings (SSSR count). The molecule has 1 aromatic carbocycles. The number of benzene rings is 1. The highest BCUT2D eigenvalue weighted by Crippen LogP contribution is 2.25. The van der Waals surface area contributed by atoms with Crippen molar-refractivity contribution in [2.75, 3.05) is 7.05 Å². The molecule has 34 heavy (non-hydrogen) atoms. The zero-order valence-corrected chi connectivity index (χ0v) is 19.1. The number of H-pyrrole nitrogens is 1. The Kier molecular flexibility index (Phi) is 7.59. The first kappa shape index (κ1) is 23.1. The predicted octanol–water partition coefficient (Wildman–Crippen LogP) is 2.77. The van der Waals surface area contributed by atoms with Crippen molar-refractivity contribution in [2.24, 2.45) is 0 Å². The van der Waals surface area contributed by atoms with Crippen LogP contribution in [-0.4, -0.2) is 48.8 Å². The lowest BCUT2D eigenvalue weighted by Gasteiger charge is -2.17. The summed E-state index contributed by atoms with van der Waals surface area (Å²) in [6.45, 7) is 0.0818. The van der Waals surface area contributed by atoms with Gasteiger partial charge in [-0.25, -0.2) is 9.67 Å². The first-order chi connectivity index (χ1) is 16.6. The van der Waals surface area contributed by atoms with Crippen LogP contribution in [0.1, 0.15) is 44.0 Å². The molecule has 1 unspecified atom stereocenters. The van der Waals surface area contributed by atoms with Crippen LogP contribution in [0.3, 0.4) is 0 Å². The van der Waals surface area contributed by atoms with Crippen molar-refractivity contribution in [1.82, 2.24) is 40.6 Å². The number of nitrogens with one attached hydrogen (secondary N) is 3. The summed E-state index contributed by atoms with van der Waals surface area (Å²) in [4.78, 5) is 36.2. The van der Waals surface area contributed by atoms with Crippen LogP contribution in [-0.2, 0) is 16.1 Å².